The molecule has 0 radical (unpaired) electrons. The first-order valence-corrected chi connectivity index (χ1v) is 4.48. The molecule has 1 rings (SSSR count). The standard InChI is InChI=1S/C10H18O/c1-3-7-10(2)8-5-4-6-9(10)11/h3,9,11H,1,4-8H2,2H3. The van der Waals surface area contributed by atoms with Crippen LogP contribution in [0.1, 0.15) is 39.0 Å². The highest BCUT2D eigenvalue weighted by Crippen LogP contribution is 2.38. The molecule has 0 bridgehead atoms. The molecule has 2 unspecified atom stereocenters. The van der Waals surface area contributed by atoms with E-state index in [0.29, 0.717) is 0 Å². The van der Waals surface area contributed by atoms with Gasteiger partial charge in [-0.05, 0) is 24.7 Å². The molecule has 1 fully saturated rings. The van der Waals surface area contributed by atoms with E-state index < -0.39 is 0 Å². The highest BCUT2D eigenvalue weighted by Gasteiger charge is 2.33. The van der Waals surface area contributed by atoms with E-state index in [1.807, 2.05) is 6.08 Å². The summed E-state index contributed by atoms with van der Waals surface area (Å²) in [7, 11) is 0. The minimum Gasteiger partial charge on any atom is -0.393 e. The number of aliphatic hydroxyl groups excluding tert-OH is 1. The van der Waals surface area contributed by atoms with Crippen molar-refractivity contribution in [2.45, 2.75) is 45.1 Å². The summed E-state index contributed by atoms with van der Waals surface area (Å²) in [6.45, 7) is 5.89. The highest BCUT2D eigenvalue weighted by molar-refractivity contribution is 4.91. The van der Waals surface area contributed by atoms with Crippen molar-refractivity contribution in [1.82, 2.24) is 0 Å². The highest BCUT2D eigenvalue weighted by atomic mass is 16.3. The lowest BCUT2D eigenvalue weighted by molar-refractivity contribution is 0.00275. The molecule has 0 aromatic rings. The van der Waals surface area contributed by atoms with Crippen molar-refractivity contribution in [2.24, 2.45) is 5.41 Å². The van der Waals surface area contributed by atoms with E-state index in [-0.39, 0.29) is 11.5 Å². The molecule has 0 aromatic carbocycles. The molecule has 1 nitrogen and oxygen atoms in total. The number of aliphatic hydroxyl groups is 1. The molecule has 0 aromatic heterocycles. The Labute approximate surface area is 69.1 Å². The topological polar surface area (TPSA) is 20.2 Å². The molecule has 0 heterocycles. The van der Waals surface area contributed by atoms with Crippen molar-refractivity contribution in [3.8, 4) is 0 Å². The molecule has 1 saturated carbocycles. The number of hydrogen-bond acceptors (Lipinski definition) is 1. The van der Waals surface area contributed by atoms with E-state index in [1.54, 1.807) is 0 Å². The molecule has 0 saturated heterocycles. The van der Waals surface area contributed by atoms with Crippen molar-refractivity contribution >= 4 is 0 Å². The Morgan fingerprint density at radius 2 is 2.36 bits per heavy atom. The molecular weight excluding hydrogens is 136 g/mol. The number of allylic oxidation sites excluding steroid dienone is 1. The van der Waals surface area contributed by atoms with Crippen LogP contribution in [0.2, 0.25) is 0 Å². The van der Waals surface area contributed by atoms with Gasteiger partial charge in [0.05, 0.1) is 6.10 Å². The molecule has 0 spiro atoms. The van der Waals surface area contributed by atoms with Gasteiger partial charge in [0.15, 0.2) is 0 Å². The summed E-state index contributed by atoms with van der Waals surface area (Å²) in [5, 5.41) is 9.71. The zero-order valence-corrected chi connectivity index (χ0v) is 7.34. The van der Waals surface area contributed by atoms with Crippen LogP contribution in [0.25, 0.3) is 0 Å². The van der Waals surface area contributed by atoms with E-state index in [4.69, 9.17) is 0 Å². The molecule has 64 valence electrons. The van der Waals surface area contributed by atoms with Crippen molar-refractivity contribution < 1.29 is 5.11 Å². The predicted octanol–water partition coefficient (Wildman–Crippen LogP) is 2.50. The van der Waals surface area contributed by atoms with Gasteiger partial charge in [-0.15, -0.1) is 6.58 Å². The Morgan fingerprint density at radius 3 is 2.91 bits per heavy atom. The van der Waals surface area contributed by atoms with E-state index in [1.165, 1.54) is 12.8 Å². The van der Waals surface area contributed by atoms with Crippen LogP contribution in [0.4, 0.5) is 0 Å². The lowest BCUT2D eigenvalue weighted by Gasteiger charge is -2.37. The maximum atomic E-state index is 9.71. The smallest absolute Gasteiger partial charge is 0.0596 e. The van der Waals surface area contributed by atoms with Gasteiger partial charge >= 0.3 is 0 Å². The van der Waals surface area contributed by atoms with Gasteiger partial charge in [-0.2, -0.15) is 0 Å². The minimum absolute atomic E-state index is 0.103. The number of hydrogen-bond donors (Lipinski definition) is 1. The Balaban J connectivity index is 2.56. The summed E-state index contributed by atoms with van der Waals surface area (Å²) in [6.07, 6.45) is 7.36. The van der Waals surface area contributed by atoms with E-state index >= 15 is 0 Å². The van der Waals surface area contributed by atoms with Crippen molar-refractivity contribution in [3.05, 3.63) is 12.7 Å². The van der Waals surface area contributed by atoms with Gasteiger partial charge in [0, 0.05) is 0 Å². The third kappa shape index (κ3) is 1.84. The van der Waals surface area contributed by atoms with Gasteiger partial charge in [-0.3, -0.25) is 0 Å². The first-order valence-electron chi connectivity index (χ1n) is 4.48. The normalized spacial score (nSPS) is 38.5. The quantitative estimate of drug-likeness (QED) is 0.606. The molecule has 0 aliphatic heterocycles. The summed E-state index contributed by atoms with van der Waals surface area (Å²) >= 11 is 0. The van der Waals surface area contributed by atoms with Gasteiger partial charge in [0.1, 0.15) is 0 Å². The first kappa shape index (κ1) is 8.79. The second kappa shape index (κ2) is 3.40. The van der Waals surface area contributed by atoms with Crippen LogP contribution >= 0.6 is 0 Å². The number of rotatable bonds is 2. The Bertz CT molecular complexity index is 142. The fraction of sp³-hybridized carbons (Fsp3) is 0.800. The summed E-state index contributed by atoms with van der Waals surface area (Å²) in [5.41, 5.74) is 0.125. The molecule has 1 aliphatic rings. The third-order valence-corrected chi connectivity index (χ3v) is 2.89. The summed E-state index contributed by atoms with van der Waals surface area (Å²) in [5.74, 6) is 0. The molecule has 0 amide bonds. The van der Waals surface area contributed by atoms with E-state index in [0.717, 1.165) is 19.3 Å². The Kier molecular flexibility index (Phi) is 2.72. The summed E-state index contributed by atoms with van der Waals surface area (Å²) in [4.78, 5) is 0. The van der Waals surface area contributed by atoms with Crippen LogP contribution < -0.4 is 0 Å². The van der Waals surface area contributed by atoms with Gasteiger partial charge in [-0.1, -0.05) is 25.8 Å². The minimum atomic E-state index is -0.103. The molecule has 1 heteroatoms. The molecule has 1 aliphatic carbocycles. The van der Waals surface area contributed by atoms with Crippen LogP contribution in [0.3, 0.4) is 0 Å². The monoisotopic (exact) mass is 154 g/mol. The van der Waals surface area contributed by atoms with Crippen LogP contribution in [0.15, 0.2) is 12.7 Å². The fourth-order valence-corrected chi connectivity index (χ4v) is 1.95. The fourth-order valence-electron chi connectivity index (χ4n) is 1.95. The molecule has 1 N–H and O–H groups in total. The summed E-state index contributed by atoms with van der Waals surface area (Å²) < 4.78 is 0. The predicted molar refractivity (Wildman–Crippen MR) is 47.4 cm³/mol. The largest absolute Gasteiger partial charge is 0.393 e. The van der Waals surface area contributed by atoms with Crippen LogP contribution in [-0.4, -0.2) is 11.2 Å². The second-order valence-corrected chi connectivity index (χ2v) is 3.91. The van der Waals surface area contributed by atoms with Crippen molar-refractivity contribution in [1.29, 1.82) is 0 Å². The van der Waals surface area contributed by atoms with E-state index in [2.05, 4.69) is 13.5 Å². The average molecular weight is 154 g/mol. The van der Waals surface area contributed by atoms with Crippen LogP contribution in [-0.2, 0) is 0 Å². The van der Waals surface area contributed by atoms with Crippen LogP contribution in [0.5, 0.6) is 0 Å². The van der Waals surface area contributed by atoms with Gasteiger partial charge < -0.3 is 5.11 Å². The maximum Gasteiger partial charge on any atom is 0.0596 e. The summed E-state index contributed by atoms with van der Waals surface area (Å²) in [6, 6.07) is 0. The molecular formula is C10H18O. The lowest BCUT2D eigenvalue weighted by Crippen LogP contribution is -2.34. The molecule has 11 heavy (non-hydrogen) atoms. The average Bonchev–Trinajstić information content (AvgIpc) is 1.96. The van der Waals surface area contributed by atoms with Gasteiger partial charge in [0.2, 0.25) is 0 Å². The van der Waals surface area contributed by atoms with Crippen molar-refractivity contribution in [3.63, 3.8) is 0 Å². The van der Waals surface area contributed by atoms with Gasteiger partial charge in [0.25, 0.3) is 0 Å². The zero-order valence-electron chi connectivity index (χ0n) is 7.34. The molecule has 2 atom stereocenters. The van der Waals surface area contributed by atoms with Crippen molar-refractivity contribution in [2.75, 3.05) is 0 Å². The zero-order chi connectivity index (χ0) is 8.32. The Morgan fingerprint density at radius 1 is 1.64 bits per heavy atom. The lowest BCUT2D eigenvalue weighted by atomic mass is 9.71. The maximum absolute atomic E-state index is 9.71. The SMILES string of the molecule is C=CCC1(C)CCCCC1O. The Hall–Kier alpha value is -0.300. The van der Waals surface area contributed by atoms with Gasteiger partial charge in [-0.25, -0.2) is 0 Å². The second-order valence-electron chi connectivity index (χ2n) is 3.91. The van der Waals surface area contributed by atoms with Crippen LogP contribution in [0, 0.1) is 5.41 Å². The first-order chi connectivity index (χ1) is 5.19. The van der Waals surface area contributed by atoms with E-state index in [9.17, 15) is 5.11 Å². The third-order valence-electron chi connectivity index (χ3n) is 2.89.